The third-order valence-corrected chi connectivity index (χ3v) is 4.93. The van der Waals surface area contributed by atoms with E-state index in [0.717, 1.165) is 25.0 Å². The van der Waals surface area contributed by atoms with Gasteiger partial charge in [0.15, 0.2) is 0 Å². The van der Waals surface area contributed by atoms with Crippen molar-refractivity contribution in [2.45, 2.75) is 25.5 Å². The van der Waals surface area contributed by atoms with E-state index in [1.165, 1.54) is 22.8 Å². The maximum Gasteiger partial charge on any atom is 0.336 e. The van der Waals surface area contributed by atoms with Crippen LogP contribution < -0.4 is 0 Å². The highest BCUT2D eigenvalue weighted by atomic mass is 32.1. The van der Waals surface area contributed by atoms with Crippen molar-refractivity contribution in [2.24, 2.45) is 0 Å². The van der Waals surface area contributed by atoms with Crippen molar-refractivity contribution >= 4 is 23.2 Å². The number of aromatic carboxylic acids is 1. The average molecular weight is 345 g/mol. The molecule has 3 rings (SSSR count). The molecule has 0 saturated carbocycles. The summed E-state index contributed by atoms with van der Waals surface area (Å²) < 4.78 is 5.67. The number of carboxylic acids is 1. The number of nitrogens with zero attached hydrogens (tertiary/aromatic N) is 1. The first-order valence-corrected chi connectivity index (χ1v) is 8.78. The highest BCUT2D eigenvalue weighted by Gasteiger charge is 2.25. The van der Waals surface area contributed by atoms with Gasteiger partial charge in [-0.2, -0.15) is 0 Å². The summed E-state index contributed by atoms with van der Waals surface area (Å²) in [5.74, 6) is -1.16. The maximum absolute atomic E-state index is 12.9. The molecule has 1 amide bonds. The minimum Gasteiger partial charge on any atom is -0.478 e. The number of hydrogen-bond donors (Lipinski definition) is 1. The van der Waals surface area contributed by atoms with E-state index in [0.29, 0.717) is 18.0 Å². The molecule has 5 nitrogen and oxygen atoms in total. The molecule has 126 valence electrons. The van der Waals surface area contributed by atoms with Gasteiger partial charge in [-0.15, -0.1) is 11.3 Å². The molecule has 1 atom stereocenters. The Morgan fingerprint density at radius 3 is 2.71 bits per heavy atom. The summed E-state index contributed by atoms with van der Waals surface area (Å²) in [6, 6.07) is 11.2. The lowest BCUT2D eigenvalue weighted by atomic mass is 10.1. The standard InChI is InChI=1S/C18H19NO4S/c20-17(16-9-14(12-24-16)18(21)22)19(11-15-7-4-8-23-15)10-13-5-2-1-3-6-13/h1-3,5-6,9,12,15H,4,7-8,10-11H2,(H,21,22). The van der Waals surface area contributed by atoms with Crippen molar-refractivity contribution in [3.63, 3.8) is 0 Å². The van der Waals surface area contributed by atoms with E-state index in [-0.39, 0.29) is 17.6 Å². The molecule has 24 heavy (non-hydrogen) atoms. The SMILES string of the molecule is O=C(O)c1csc(C(=O)N(Cc2ccccc2)CC2CCCO2)c1. The van der Waals surface area contributed by atoms with Crippen molar-refractivity contribution < 1.29 is 19.4 Å². The minimum absolute atomic E-state index is 0.0524. The summed E-state index contributed by atoms with van der Waals surface area (Å²) in [7, 11) is 0. The predicted molar refractivity (Wildman–Crippen MR) is 91.4 cm³/mol. The number of carbonyl (C=O) groups excluding carboxylic acids is 1. The van der Waals surface area contributed by atoms with E-state index in [2.05, 4.69) is 0 Å². The van der Waals surface area contributed by atoms with Crippen molar-refractivity contribution in [3.8, 4) is 0 Å². The molecule has 2 aromatic rings. The van der Waals surface area contributed by atoms with E-state index in [1.807, 2.05) is 30.3 Å². The highest BCUT2D eigenvalue weighted by Crippen LogP contribution is 2.21. The number of amides is 1. The van der Waals surface area contributed by atoms with Gasteiger partial charge in [0.05, 0.1) is 16.5 Å². The Bertz CT molecular complexity index is 707. The Morgan fingerprint density at radius 1 is 1.29 bits per heavy atom. The van der Waals surface area contributed by atoms with Crippen molar-refractivity contribution in [1.82, 2.24) is 4.90 Å². The van der Waals surface area contributed by atoms with E-state index < -0.39 is 5.97 Å². The summed E-state index contributed by atoms with van der Waals surface area (Å²) >= 11 is 1.17. The van der Waals surface area contributed by atoms with Crippen LogP contribution in [0, 0.1) is 0 Å². The fourth-order valence-electron chi connectivity index (χ4n) is 2.77. The summed E-state index contributed by atoms with van der Waals surface area (Å²) in [5.41, 5.74) is 1.19. The number of carboxylic acid groups (broad SMARTS) is 1. The van der Waals surface area contributed by atoms with Gasteiger partial charge < -0.3 is 14.7 Å². The van der Waals surface area contributed by atoms with Crippen LogP contribution in [-0.4, -0.2) is 41.1 Å². The molecule has 0 spiro atoms. The van der Waals surface area contributed by atoms with E-state index >= 15 is 0 Å². The summed E-state index contributed by atoms with van der Waals surface area (Å²) in [4.78, 5) is 26.1. The molecule has 0 bridgehead atoms. The second-order valence-electron chi connectivity index (χ2n) is 5.81. The molecule has 1 aromatic carbocycles. The number of ether oxygens (including phenoxy) is 1. The first-order valence-electron chi connectivity index (χ1n) is 7.90. The Balaban J connectivity index is 1.78. The molecule has 1 aliphatic heterocycles. The lowest BCUT2D eigenvalue weighted by Gasteiger charge is -2.25. The normalized spacial score (nSPS) is 16.9. The quantitative estimate of drug-likeness (QED) is 0.872. The first-order chi connectivity index (χ1) is 11.6. The third-order valence-electron chi connectivity index (χ3n) is 4.01. The third kappa shape index (κ3) is 4.01. The fourth-order valence-corrected chi connectivity index (χ4v) is 3.62. The second-order valence-corrected chi connectivity index (χ2v) is 6.72. The number of thiophene rings is 1. The van der Waals surface area contributed by atoms with Crippen LogP contribution in [0.4, 0.5) is 0 Å². The van der Waals surface area contributed by atoms with Crippen molar-refractivity contribution in [2.75, 3.05) is 13.2 Å². The largest absolute Gasteiger partial charge is 0.478 e. The molecule has 0 radical (unpaired) electrons. The van der Waals surface area contributed by atoms with E-state index in [1.54, 1.807) is 4.90 Å². The molecule has 1 aliphatic rings. The van der Waals surface area contributed by atoms with E-state index in [9.17, 15) is 9.59 Å². The first kappa shape index (κ1) is 16.7. The smallest absolute Gasteiger partial charge is 0.336 e. The van der Waals surface area contributed by atoms with Crippen LogP contribution >= 0.6 is 11.3 Å². The van der Waals surface area contributed by atoms with Crippen LogP contribution in [0.5, 0.6) is 0 Å². The van der Waals surface area contributed by atoms with Gasteiger partial charge >= 0.3 is 5.97 Å². The fraction of sp³-hybridized carbons (Fsp3) is 0.333. The van der Waals surface area contributed by atoms with Gasteiger partial charge in [0.1, 0.15) is 0 Å². The topological polar surface area (TPSA) is 66.8 Å². The molecule has 1 fully saturated rings. The molecule has 6 heteroatoms. The van der Waals surface area contributed by atoms with Gasteiger partial charge in [0.2, 0.25) is 0 Å². The van der Waals surface area contributed by atoms with Crippen LogP contribution in [0.1, 0.15) is 38.4 Å². The Kier molecular flexibility index (Phi) is 5.27. The van der Waals surface area contributed by atoms with Crippen LogP contribution in [0.2, 0.25) is 0 Å². The van der Waals surface area contributed by atoms with E-state index in [4.69, 9.17) is 9.84 Å². The zero-order valence-corrected chi connectivity index (χ0v) is 14.0. The number of carbonyl (C=O) groups is 2. The van der Waals surface area contributed by atoms with Gasteiger partial charge in [-0.25, -0.2) is 4.79 Å². The zero-order valence-electron chi connectivity index (χ0n) is 13.2. The summed E-state index contributed by atoms with van der Waals surface area (Å²) in [6.07, 6.45) is 2.01. The van der Waals surface area contributed by atoms with Gasteiger partial charge in [0, 0.05) is 25.1 Å². The number of rotatable bonds is 6. The molecule has 2 heterocycles. The van der Waals surface area contributed by atoms with Gasteiger partial charge in [-0.1, -0.05) is 30.3 Å². The maximum atomic E-state index is 12.9. The second kappa shape index (κ2) is 7.59. The molecule has 1 N–H and O–H groups in total. The Morgan fingerprint density at radius 2 is 2.08 bits per heavy atom. The monoisotopic (exact) mass is 345 g/mol. The molecule has 1 unspecified atom stereocenters. The molecule has 0 aliphatic carbocycles. The number of hydrogen-bond acceptors (Lipinski definition) is 4. The molecular formula is C18H19NO4S. The number of benzene rings is 1. The lowest BCUT2D eigenvalue weighted by Crippen LogP contribution is -2.36. The van der Waals surface area contributed by atoms with Crippen molar-refractivity contribution in [1.29, 1.82) is 0 Å². The molecule has 1 aromatic heterocycles. The average Bonchev–Trinajstić information content (AvgIpc) is 3.26. The Labute approximate surface area is 144 Å². The predicted octanol–water partition coefficient (Wildman–Crippen LogP) is 3.27. The Hall–Kier alpha value is -2.18. The lowest BCUT2D eigenvalue weighted by molar-refractivity contribution is 0.0511. The van der Waals surface area contributed by atoms with Crippen LogP contribution in [0.3, 0.4) is 0 Å². The summed E-state index contributed by atoms with van der Waals surface area (Å²) in [5, 5.41) is 10.5. The van der Waals surface area contributed by atoms with Crippen LogP contribution in [0.25, 0.3) is 0 Å². The summed E-state index contributed by atoms with van der Waals surface area (Å²) in [6.45, 7) is 1.74. The minimum atomic E-state index is -1.01. The van der Waals surface area contributed by atoms with Crippen molar-refractivity contribution in [3.05, 3.63) is 57.8 Å². The molecule has 1 saturated heterocycles. The molecular weight excluding hydrogens is 326 g/mol. The van der Waals surface area contributed by atoms with Gasteiger partial charge in [-0.3, -0.25) is 4.79 Å². The van der Waals surface area contributed by atoms with Crippen LogP contribution in [0.15, 0.2) is 41.8 Å². The highest BCUT2D eigenvalue weighted by molar-refractivity contribution is 7.12. The van der Waals surface area contributed by atoms with Gasteiger partial charge in [0.25, 0.3) is 5.91 Å². The van der Waals surface area contributed by atoms with Gasteiger partial charge in [-0.05, 0) is 24.5 Å². The zero-order chi connectivity index (χ0) is 16.9. The van der Waals surface area contributed by atoms with Crippen LogP contribution in [-0.2, 0) is 11.3 Å².